The zero-order valence-electron chi connectivity index (χ0n) is 12.4. The molecule has 114 valence electrons. The quantitative estimate of drug-likeness (QED) is 0.745. The molecule has 1 aromatic carbocycles. The highest BCUT2D eigenvalue weighted by atomic mass is 16.3. The molecule has 0 bridgehead atoms. The monoisotopic (exact) mass is 290 g/mol. The molecule has 1 aromatic rings. The second-order valence-corrected chi connectivity index (χ2v) is 5.78. The van der Waals surface area contributed by atoms with Gasteiger partial charge in [0, 0.05) is 18.7 Å². The molecule has 1 aliphatic rings. The van der Waals surface area contributed by atoms with Crippen LogP contribution in [-0.4, -0.2) is 29.6 Å². The van der Waals surface area contributed by atoms with Crippen LogP contribution >= 0.6 is 0 Å². The van der Waals surface area contributed by atoms with Crippen molar-refractivity contribution < 1.29 is 14.7 Å². The van der Waals surface area contributed by atoms with Gasteiger partial charge in [0.25, 0.3) is 0 Å². The molecule has 2 atom stereocenters. The summed E-state index contributed by atoms with van der Waals surface area (Å²) >= 11 is 0. The number of carbonyl (C=O) groups excluding carboxylic acids is 2. The number of rotatable bonds is 6. The van der Waals surface area contributed by atoms with Crippen molar-refractivity contribution in [3.05, 3.63) is 29.8 Å². The van der Waals surface area contributed by atoms with Crippen molar-refractivity contribution in [1.29, 1.82) is 0 Å². The molecule has 5 nitrogen and oxygen atoms in total. The standard InChI is InChI=1S/C16H22N2O3/c1-10(2)14(19)7-8-17-15(20)9-12-11-5-3-4-6-13(11)18-16(12)21/h3-6,10,12,14,19H,7-9H2,1-2H3,(H,17,20)(H,18,21). The van der Waals surface area contributed by atoms with Gasteiger partial charge in [0.05, 0.1) is 12.0 Å². The van der Waals surface area contributed by atoms with E-state index in [1.54, 1.807) is 0 Å². The van der Waals surface area contributed by atoms with Crippen LogP contribution in [0.4, 0.5) is 5.69 Å². The molecule has 1 heterocycles. The Balaban J connectivity index is 1.85. The van der Waals surface area contributed by atoms with Gasteiger partial charge in [-0.15, -0.1) is 0 Å². The number of para-hydroxylation sites is 1. The van der Waals surface area contributed by atoms with E-state index in [0.29, 0.717) is 13.0 Å². The van der Waals surface area contributed by atoms with Crippen LogP contribution in [0.1, 0.15) is 38.2 Å². The van der Waals surface area contributed by atoms with Crippen LogP contribution in [-0.2, 0) is 9.59 Å². The minimum atomic E-state index is -0.420. The maximum absolute atomic E-state index is 11.9. The molecule has 0 aliphatic carbocycles. The number of carbonyl (C=O) groups is 2. The average Bonchev–Trinajstić information content (AvgIpc) is 2.75. The van der Waals surface area contributed by atoms with Crippen molar-refractivity contribution >= 4 is 17.5 Å². The van der Waals surface area contributed by atoms with Crippen LogP contribution in [0.5, 0.6) is 0 Å². The lowest BCUT2D eigenvalue weighted by Crippen LogP contribution is -2.30. The molecule has 0 spiro atoms. The van der Waals surface area contributed by atoms with Gasteiger partial charge < -0.3 is 15.7 Å². The lowest BCUT2D eigenvalue weighted by molar-refractivity contribution is -0.125. The van der Waals surface area contributed by atoms with Gasteiger partial charge >= 0.3 is 0 Å². The number of fused-ring (bicyclic) bond motifs is 1. The molecule has 0 aromatic heterocycles. The van der Waals surface area contributed by atoms with Crippen molar-refractivity contribution in [1.82, 2.24) is 5.32 Å². The molecule has 21 heavy (non-hydrogen) atoms. The summed E-state index contributed by atoms with van der Waals surface area (Å²) in [6.45, 7) is 4.30. The summed E-state index contributed by atoms with van der Waals surface area (Å²) in [5.74, 6) is -0.540. The minimum absolute atomic E-state index is 0.131. The number of aliphatic hydroxyl groups is 1. The van der Waals surface area contributed by atoms with Gasteiger partial charge in [-0.25, -0.2) is 0 Å². The summed E-state index contributed by atoms with van der Waals surface area (Å²) in [4.78, 5) is 23.8. The number of hydrogen-bond donors (Lipinski definition) is 3. The SMILES string of the molecule is CC(C)C(O)CCNC(=O)CC1C(=O)Nc2ccccc21. The van der Waals surface area contributed by atoms with Gasteiger partial charge in [-0.1, -0.05) is 32.0 Å². The van der Waals surface area contributed by atoms with Gasteiger partial charge in [-0.3, -0.25) is 9.59 Å². The fraction of sp³-hybridized carbons (Fsp3) is 0.500. The van der Waals surface area contributed by atoms with Crippen LogP contribution in [0.3, 0.4) is 0 Å². The summed E-state index contributed by atoms with van der Waals surface area (Å²) in [5, 5.41) is 15.2. The molecular weight excluding hydrogens is 268 g/mol. The lowest BCUT2D eigenvalue weighted by atomic mass is 9.97. The van der Waals surface area contributed by atoms with E-state index in [1.165, 1.54) is 0 Å². The highest BCUT2D eigenvalue weighted by Crippen LogP contribution is 2.34. The molecule has 2 rings (SSSR count). The molecule has 0 saturated heterocycles. The summed E-state index contributed by atoms with van der Waals surface area (Å²) in [6.07, 6.45) is 0.248. The second kappa shape index (κ2) is 6.72. The topological polar surface area (TPSA) is 78.4 Å². The Morgan fingerprint density at radius 3 is 2.81 bits per heavy atom. The van der Waals surface area contributed by atoms with Gasteiger partial charge in [0.2, 0.25) is 11.8 Å². The summed E-state index contributed by atoms with van der Waals surface area (Å²) in [5.41, 5.74) is 1.66. The van der Waals surface area contributed by atoms with Gasteiger partial charge in [0.15, 0.2) is 0 Å². The number of nitrogens with one attached hydrogen (secondary N) is 2. The first-order valence-electron chi connectivity index (χ1n) is 7.33. The Hall–Kier alpha value is -1.88. The lowest BCUT2D eigenvalue weighted by Gasteiger charge is -2.15. The van der Waals surface area contributed by atoms with E-state index in [2.05, 4.69) is 10.6 Å². The average molecular weight is 290 g/mol. The summed E-state index contributed by atoms with van der Waals surface area (Å²) < 4.78 is 0. The molecule has 0 radical (unpaired) electrons. The van der Waals surface area contributed by atoms with E-state index >= 15 is 0 Å². The number of benzene rings is 1. The highest BCUT2D eigenvalue weighted by molar-refractivity contribution is 6.04. The van der Waals surface area contributed by atoms with Crippen LogP contribution in [0.15, 0.2) is 24.3 Å². The van der Waals surface area contributed by atoms with Gasteiger partial charge in [-0.05, 0) is 24.0 Å². The predicted octanol–water partition coefficient (Wildman–Crippen LogP) is 1.64. The Labute approximate surface area is 124 Å². The van der Waals surface area contributed by atoms with Crippen molar-refractivity contribution in [2.24, 2.45) is 5.92 Å². The first kappa shape index (κ1) is 15.5. The fourth-order valence-electron chi connectivity index (χ4n) is 2.43. The van der Waals surface area contributed by atoms with E-state index in [-0.39, 0.29) is 24.2 Å². The molecular formula is C16H22N2O3. The number of aliphatic hydroxyl groups excluding tert-OH is 1. The molecule has 1 aliphatic heterocycles. The zero-order chi connectivity index (χ0) is 15.4. The van der Waals surface area contributed by atoms with Crippen LogP contribution < -0.4 is 10.6 Å². The number of amides is 2. The van der Waals surface area contributed by atoms with E-state index in [9.17, 15) is 14.7 Å². The van der Waals surface area contributed by atoms with E-state index < -0.39 is 12.0 Å². The Morgan fingerprint density at radius 1 is 1.38 bits per heavy atom. The van der Waals surface area contributed by atoms with E-state index in [1.807, 2.05) is 38.1 Å². The maximum Gasteiger partial charge on any atom is 0.232 e. The van der Waals surface area contributed by atoms with Crippen molar-refractivity contribution in [2.45, 2.75) is 38.7 Å². The maximum atomic E-state index is 11.9. The third-order valence-corrected chi connectivity index (χ3v) is 3.83. The molecule has 3 N–H and O–H groups in total. The number of hydrogen-bond acceptors (Lipinski definition) is 3. The molecule has 2 amide bonds. The smallest absolute Gasteiger partial charge is 0.232 e. The Bertz CT molecular complexity index is 528. The highest BCUT2D eigenvalue weighted by Gasteiger charge is 2.31. The van der Waals surface area contributed by atoms with E-state index in [0.717, 1.165) is 11.3 Å². The fourth-order valence-corrected chi connectivity index (χ4v) is 2.43. The zero-order valence-corrected chi connectivity index (χ0v) is 12.4. The van der Waals surface area contributed by atoms with Crippen molar-refractivity contribution in [3.63, 3.8) is 0 Å². The third-order valence-electron chi connectivity index (χ3n) is 3.83. The molecule has 0 saturated carbocycles. The van der Waals surface area contributed by atoms with Gasteiger partial charge in [0.1, 0.15) is 0 Å². The normalized spacial score (nSPS) is 18.3. The summed E-state index contributed by atoms with van der Waals surface area (Å²) in [7, 11) is 0. The number of anilines is 1. The molecule has 2 unspecified atom stereocenters. The van der Waals surface area contributed by atoms with Crippen LogP contribution in [0, 0.1) is 5.92 Å². The van der Waals surface area contributed by atoms with Crippen molar-refractivity contribution in [2.75, 3.05) is 11.9 Å². The van der Waals surface area contributed by atoms with Crippen molar-refractivity contribution in [3.8, 4) is 0 Å². The molecule has 5 heteroatoms. The summed E-state index contributed by atoms with van der Waals surface area (Å²) in [6, 6.07) is 7.43. The predicted molar refractivity (Wildman–Crippen MR) is 80.9 cm³/mol. The van der Waals surface area contributed by atoms with Crippen LogP contribution in [0.25, 0.3) is 0 Å². The Kier molecular flexibility index (Phi) is 4.96. The van der Waals surface area contributed by atoms with Gasteiger partial charge in [-0.2, -0.15) is 0 Å². The third kappa shape index (κ3) is 3.82. The largest absolute Gasteiger partial charge is 0.393 e. The van der Waals surface area contributed by atoms with Crippen LogP contribution in [0.2, 0.25) is 0 Å². The van der Waals surface area contributed by atoms with E-state index in [4.69, 9.17) is 0 Å². The first-order valence-corrected chi connectivity index (χ1v) is 7.33. The Morgan fingerprint density at radius 2 is 2.10 bits per heavy atom. The first-order chi connectivity index (χ1) is 9.99. The minimum Gasteiger partial charge on any atom is -0.393 e. The molecule has 0 fully saturated rings. The second-order valence-electron chi connectivity index (χ2n) is 5.78.